The minimum Gasteiger partial charge on any atom is -0.312 e. The molecule has 17 heavy (non-hydrogen) atoms. The lowest BCUT2D eigenvalue weighted by molar-refractivity contribution is 0.596. The van der Waals surface area contributed by atoms with E-state index in [9.17, 15) is 8.42 Å². The van der Waals surface area contributed by atoms with Gasteiger partial charge in [-0.25, -0.2) is 8.42 Å². The first-order chi connectivity index (χ1) is 7.79. The van der Waals surface area contributed by atoms with Gasteiger partial charge < -0.3 is 5.32 Å². The number of sulfone groups is 1. The third-order valence-electron chi connectivity index (χ3n) is 2.45. The number of rotatable bonds is 6. The Morgan fingerprint density at radius 1 is 1.47 bits per heavy atom. The average Bonchev–Trinajstić information content (AvgIpc) is 2.53. The van der Waals surface area contributed by atoms with E-state index in [2.05, 4.69) is 24.3 Å². The summed E-state index contributed by atoms with van der Waals surface area (Å²) in [5.41, 5.74) is 2.20. The van der Waals surface area contributed by atoms with Crippen LogP contribution in [0.25, 0.3) is 0 Å². The molecule has 0 radical (unpaired) electrons. The van der Waals surface area contributed by atoms with Crippen molar-refractivity contribution in [2.24, 2.45) is 7.05 Å². The lowest BCUT2D eigenvalue weighted by atomic mass is 10.1. The summed E-state index contributed by atoms with van der Waals surface area (Å²) >= 11 is 0. The van der Waals surface area contributed by atoms with Gasteiger partial charge in [0.25, 0.3) is 0 Å². The Morgan fingerprint density at radius 3 is 2.65 bits per heavy atom. The van der Waals surface area contributed by atoms with Gasteiger partial charge in [0.15, 0.2) is 0 Å². The molecule has 0 fully saturated rings. The minimum absolute atomic E-state index is 0.171. The highest BCUT2D eigenvalue weighted by atomic mass is 32.2. The maximum Gasteiger partial charge on any atom is 0.148 e. The summed E-state index contributed by atoms with van der Waals surface area (Å²) in [7, 11) is -0.988. The SMILES string of the molecule is CC(C)c1nn(C)cc1CNCCS(C)(=O)=O. The molecule has 0 saturated heterocycles. The fourth-order valence-electron chi connectivity index (χ4n) is 1.66. The van der Waals surface area contributed by atoms with Crippen molar-refractivity contribution in [2.75, 3.05) is 18.6 Å². The van der Waals surface area contributed by atoms with Crippen LogP contribution in [-0.2, 0) is 23.4 Å². The first-order valence-corrected chi connectivity index (χ1v) is 7.76. The number of aryl methyl sites for hydroxylation is 1. The molecule has 0 aliphatic heterocycles. The zero-order valence-corrected chi connectivity index (χ0v) is 11.7. The molecule has 0 aliphatic carbocycles. The number of aromatic nitrogens is 2. The summed E-state index contributed by atoms with van der Waals surface area (Å²) < 4.78 is 23.7. The first kappa shape index (κ1) is 14.2. The fraction of sp³-hybridized carbons (Fsp3) is 0.727. The van der Waals surface area contributed by atoms with Gasteiger partial charge in [0, 0.05) is 38.2 Å². The molecule has 6 heteroatoms. The minimum atomic E-state index is -2.88. The van der Waals surface area contributed by atoms with E-state index < -0.39 is 9.84 Å². The standard InChI is InChI=1S/C11H21N3O2S/c1-9(2)11-10(8-14(3)13-11)7-12-5-6-17(4,15)16/h8-9,12H,5-7H2,1-4H3. The van der Waals surface area contributed by atoms with E-state index in [1.807, 2.05) is 13.2 Å². The molecule has 0 bridgehead atoms. The van der Waals surface area contributed by atoms with Gasteiger partial charge in [-0.15, -0.1) is 0 Å². The molecule has 1 N–H and O–H groups in total. The smallest absolute Gasteiger partial charge is 0.148 e. The quantitative estimate of drug-likeness (QED) is 0.763. The average molecular weight is 259 g/mol. The van der Waals surface area contributed by atoms with Gasteiger partial charge in [0.05, 0.1) is 11.4 Å². The predicted octanol–water partition coefficient (Wildman–Crippen LogP) is 0.678. The van der Waals surface area contributed by atoms with Crippen LogP contribution in [0.15, 0.2) is 6.20 Å². The molecule has 0 spiro atoms. The van der Waals surface area contributed by atoms with E-state index in [0.717, 1.165) is 11.3 Å². The predicted molar refractivity (Wildman–Crippen MR) is 68.7 cm³/mol. The molecule has 0 aromatic carbocycles. The first-order valence-electron chi connectivity index (χ1n) is 5.70. The Bertz CT molecular complexity index is 463. The molecule has 0 aliphatic rings. The van der Waals surface area contributed by atoms with Crippen LogP contribution in [0.4, 0.5) is 0 Å². The summed E-state index contributed by atoms with van der Waals surface area (Å²) in [5.74, 6) is 0.549. The molecule has 1 aromatic heterocycles. The van der Waals surface area contributed by atoms with Crippen LogP contribution >= 0.6 is 0 Å². The highest BCUT2D eigenvalue weighted by molar-refractivity contribution is 7.90. The van der Waals surface area contributed by atoms with E-state index in [-0.39, 0.29) is 5.75 Å². The lowest BCUT2D eigenvalue weighted by Crippen LogP contribution is -2.22. The van der Waals surface area contributed by atoms with Crippen LogP contribution < -0.4 is 5.32 Å². The van der Waals surface area contributed by atoms with Gasteiger partial charge in [-0.1, -0.05) is 13.8 Å². The van der Waals surface area contributed by atoms with Crippen molar-refractivity contribution < 1.29 is 8.42 Å². The van der Waals surface area contributed by atoms with Gasteiger partial charge in [-0.2, -0.15) is 5.10 Å². The molecule has 0 saturated carbocycles. The van der Waals surface area contributed by atoms with E-state index in [4.69, 9.17) is 0 Å². The van der Waals surface area contributed by atoms with Crippen molar-refractivity contribution in [3.05, 3.63) is 17.5 Å². The summed E-state index contributed by atoms with van der Waals surface area (Å²) in [6.07, 6.45) is 3.22. The molecule has 0 unspecified atom stereocenters. The molecule has 0 amide bonds. The topological polar surface area (TPSA) is 64.0 Å². The van der Waals surface area contributed by atoms with Crippen molar-refractivity contribution in [2.45, 2.75) is 26.3 Å². The maximum absolute atomic E-state index is 11.0. The van der Waals surface area contributed by atoms with Crippen molar-refractivity contribution in [3.63, 3.8) is 0 Å². The van der Waals surface area contributed by atoms with Gasteiger partial charge >= 0.3 is 0 Å². The maximum atomic E-state index is 11.0. The van der Waals surface area contributed by atoms with Crippen molar-refractivity contribution >= 4 is 9.84 Å². The summed E-state index contributed by atoms with van der Waals surface area (Å²) in [5, 5.41) is 7.53. The number of hydrogen-bond acceptors (Lipinski definition) is 4. The fourth-order valence-corrected chi connectivity index (χ4v) is 2.17. The van der Waals surface area contributed by atoms with Gasteiger partial charge in [0.1, 0.15) is 9.84 Å². The van der Waals surface area contributed by atoms with E-state index in [1.54, 1.807) is 4.68 Å². The Kier molecular flexibility index (Phi) is 4.70. The number of nitrogens with one attached hydrogen (secondary N) is 1. The molecule has 1 heterocycles. The van der Waals surface area contributed by atoms with Crippen LogP contribution in [0.2, 0.25) is 0 Å². The normalized spacial score (nSPS) is 12.3. The molecule has 0 atom stereocenters. The zero-order valence-electron chi connectivity index (χ0n) is 10.9. The highest BCUT2D eigenvalue weighted by Crippen LogP contribution is 2.16. The van der Waals surface area contributed by atoms with Crippen LogP contribution in [0.5, 0.6) is 0 Å². The molecular weight excluding hydrogens is 238 g/mol. The lowest BCUT2D eigenvalue weighted by Gasteiger charge is -2.06. The van der Waals surface area contributed by atoms with Gasteiger partial charge in [-0.05, 0) is 5.92 Å². The van der Waals surface area contributed by atoms with Gasteiger partial charge in [0.2, 0.25) is 0 Å². The van der Waals surface area contributed by atoms with Crippen molar-refractivity contribution in [1.29, 1.82) is 0 Å². The Hall–Kier alpha value is -0.880. The second kappa shape index (κ2) is 5.64. The van der Waals surface area contributed by atoms with E-state index in [1.165, 1.54) is 6.26 Å². The zero-order chi connectivity index (χ0) is 13.1. The summed E-state index contributed by atoms with van der Waals surface area (Å²) in [6.45, 7) is 5.34. The summed E-state index contributed by atoms with van der Waals surface area (Å²) in [4.78, 5) is 0. The number of nitrogens with zero attached hydrogens (tertiary/aromatic N) is 2. The second-order valence-corrected chi connectivity index (χ2v) is 6.93. The highest BCUT2D eigenvalue weighted by Gasteiger charge is 2.11. The van der Waals surface area contributed by atoms with Crippen LogP contribution in [-0.4, -0.2) is 36.8 Å². The monoisotopic (exact) mass is 259 g/mol. The summed E-state index contributed by atoms with van der Waals surface area (Å²) in [6, 6.07) is 0. The van der Waals surface area contributed by atoms with E-state index in [0.29, 0.717) is 19.0 Å². The molecule has 98 valence electrons. The van der Waals surface area contributed by atoms with Crippen LogP contribution in [0.3, 0.4) is 0 Å². The Morgan fingerprint density at radius 2 is 2.12 bits per heavy atom. The van der Waals surface area contributed by atoms with Crippen molar-refractivity contribution in [3.8, 4) is 0 Å². The van der Waals surface area contributed by atoms with Gasteiger partial charge in [-0.3, -0.25) is 4.68 Å². The Balaban J connectivity index is 2.52. The van der Waals surface area contributed by atoms with E-state index >= 15 is 0 Å². The molecular formula is C11H21N3O2S. The third kappa shape index (κ3) is 4.87. The number of hydrogen-bond donors (Lipinski definition) is 1. The molecule has 5 nitrogen and oxygen atoms in total. The second-order valence-electron chi connectivity index (χ2n) is 4.67. The molecule has 1 rings (SSSR count). The van der Waals surface area contributed by atoms with Crippen LogP contribution in [0.1, 0.15) is 31.0 Å². The van der Waals surface area contributed by atoms with Crippen molar-refractivity contribution in [1.82, 2.24) is 15.1 Å². The van der Waals surface area contributed by atoms with Crippen LogP contribution in [0, 0.1) is 0 Å². The molecule has 1 aromatic rings. The third-order valence-corrected chi connectivity index (χ3v) is 3.39. The Labute approximate surface area is 103 Å². The largest absolute Gasteiger partial charge is 0.312 e.